The Balaban J connectivity index is 1.61. The molecule has 1 heterocycles. The average molecular weight is 361 g/mol. The lowest BCUT2D eigenvalue weighted by atomic mass is 9.93. The summed E-state index contributed by atoms with van der Waals surface area (Å²) in [7, 11) is 0. The van der Waals surface area contributed by atoms with Crippen LogP contribution in [0.5, 0.6) is 0 Å². The van der Waals surface area contributed by atoms with Crippen LogP contribution in [-0.2, 0) is 9.63 Å². The van der Waals surface area contributed by atoms with E-state index in [2.05, 4.69) is 10.3 Å². The summed E-state index contributed by atoms with van der Waals surface area (Å²) in [6, 6.07) is 7.65. The van der Waals surface area contributed by atoms with Crippen LogP contribution < -0.4 is 16.8 Å². The van der Waals surface area contributed by atoms with E-state index in [1.54, 1.807) is 0 Å². The van der Waals surface area contributed by atoms with Crippen molar-refractivity contribution in [3.8, 4) is 0 Å². The van der Waals surface area contributed by atoms with E-state index in [0.717, 1.165) is 29.0 Å². The number of amides is 2. The molecule has 3 rings (SSSR count). The molecule has 2 aliphatic rings. The van der Waals surface area contributed by atoms with Gasteiger partial charge in [0.05, 0.1) is 6.04 Å². The highest BCUT2D eigenvalue weighted by molar-refractivity contribution is 5.79. The minimum atomic E-state index is -1.09. The molecule has 26 heavy (non-hydrogen) atoms. The number of guanidine groups is 1. The van der Waals surface area contributed by atoms with E-state index in [-0.39, 0.29) is 30.8 Å². The van der Waals surface area contributed by atoms with Gasteiger partial charge in [0.25, 0.3) is 5.91 Å². The SMILES string of the molecule is NC(N)=NCCCC1c2cccc(c2)C1NC(=O)ON1C(=O)CCC1O. The van der Waals surface area contributed by atoms with Crippen LogP contribution in [0.25, 0.3) is 0 Å². The number of carbonyl (C=O) groups is 2. The number of fused-ring (bicyclic) bond motifs is 2. The van der Waals surface area contributed by atoms with Crippen molar-refractivity contribution in [2.45, 2.75) is 43.9 Å². The molecule has 9 nitrogen and oxygen atoms in total. The standard InChI is InChI=1S/C17H23N5O4/c18-16(19)20-8-2-5-12-10-3-1-4-11(9-10)15(12)21-17(25)26-22-13(23)6-7-14(22)24/h1,3-4,9,12-13,15,23H,2,5-8H2,(H,21,25)(H4,18,19,20). The molecule has 9 heteroatoms. The highest BCUT2D eigenvalue weighted by Gasteiger charge is 2.36. The number of rotatable bonds is 6. The highest BCUT2D eigenvalue weighted by atomic mass is 16.7. The number of aliphatic hydroxyl groups excluding tert-OH is 1. The topological polar surface area (TPSA) is 143 Å². The van der Waals surface area contributed by atoms with Gasteiger partial charge in [0.1, 0.15) is 0 Å². The molecule has 1 aliphatic heterocycles. The van der Waals surface area contributed by atoms with Gasteiger partial charge in [-0.25, -0.2) is 4.79 Å². The smallest absolute Gasteiger partial charge is 0.370 e. The van der Waals surface area contributed by atoms with Crippen LogP contribution in [-0.4, -0.2) is 40.9 Å². The zero-order chi connectivity index (χ0) is 18.7. The first-order valence-electron chi connectivity index (χ1n) is 8.59. The van der Waals surface area contributed by atoms with Crippen LogP contribution >= 0.6 is 0 Å². The van der Waals surface area contributed by atoms with Gasteiger partial charge >= 0.3 is 6.09 Å². The van der Waals surface area contributed by atoms with Gasteiger partial charge in [-0.1, -0.05) is 24.3 Å². The summed E-state index contributed by atoms with van der Waals surface area (Å²) in [5.74, 6) is -0.279. The molecular weight excluding hydrogens is 338 g/mol. The van der Waals surface area contributed by atoms with E-state index in [4.69, 9.17) is 16.3 Å². The summed E-state index contributed by atoms with van der Waals surface area (Å²) in [6.07, 6.45) is 0.0997. The van der Waals surface area contributed by atoms with E-state index in [1.165, 1.54) is 0 Å². The summed E-state index contributed by atoms with van der Waals surface area (Å²) in [5.41, 5.74) is 12.8. The number of hydrogen-bond acceptors (Lipinski definition) is 5. The summed E-state index contributed by atoms with van der Waals surface area (Å²) in [4.78, 5) is 32.9. The molecule has 2 amide bonds. The number of aliphatic hydroxyl groups is 1. The third-order valence-corrected chi connectivity index (χ3v) is 4.66. The molecule has 1 aromatic rings. The normalized spacial score (nSPS) is 23.8. The van der Waals surface area contributed by atoms with Crippen molar-refractivity contribution >= 4 is 18.0 Å². The molecular formula is C17H23N5O4. The van der Waals surface area contributed by atoms with E-state index in [1.807, 2.05) is 24.3 Å². The van der Waals surface area contributed by atoms with Gasteiger partial charge in [-0.2, -0.15) is 0 Å². The lowest BCUT2D eigenvalue weighted by Gasteiger charge is -2.24. The Hall–Kier alpha value is -2.81. The van der Waals surface area contributed by atoms with E-state index in [0.29, 0.717) is 6.54 Å². The van der Waals surface area contributed by atoms with Crippen molar-refractivity contribution in [1.82, 2.24) is 10.4 Å². The van der Waals surface area contributed by atoms with Crippen LogP contribution in [0.1, 0.15) is 48.8 Å². The number of carbonyl (C=O) groups excluding carboxylic acids is 2. The lowest BCUT2D eigenvalue weighted by molar-refractivity contribution is -0.190. The minimum absolute atomic E-state index is 0.0593. The van der Waals surface area contributed by atoms with E-state index < -0.39 is 18.2 Å². The zero-order valence-electron chi connectivity index (χ0n) is 14.3. The molecule has 0 spiro atoms. The second kappa shape index (κ2) is 7.61. The highest BCUT2D eigenvalue weighted by Crippen LogP contribution is 2.41. The summed E-state index contributed by atoms with van der Waals surface area (Å²) >= 11 is 0. The van der Waals surface area contributed by atoms with Gasteiger partial charge in [0.15, 0.2) is 12.2 Å². The van der Waals surface area contributed by atoms with E-state index in [9.17, 15) is 14.7 Å². The van der Waals surface area contributed by atoms with Crippen LogP contribution in [0.4, 0.5) is 4.79 Å². The molecule has 3 unspecified atom stereocenters. The summed E-state index contributed by atoms with van der Waals surface area (Å²) in [6.45, 7) is 0.514. The third kappa shape index (κ3) is 3.88. The van der Waals surface area contributed by atoms with Gasteiger partial charge in [-0.15, -0.1) is 5.06 Å². The fraction of sp³-hybridized carbons (Fsp3) is 0.471. The second-order valence-corrected chi connectivity index (χ2v) is 6.47. The zero-order valence-corrected chi connectivity index (χ0v) is 14.3. The Bertz CT molecular complexity index is 719. The Morgan fingerprint density at radius 3 is 2.85 bits per heavy atom. The van der Waals surface area contributed by atoms with Gasteiger partial charge in [0, 0.05) is 25.3 Å². The van der Waals surface area contributed by atoms with Crippen LogP contribution in [0.3, 0.4) is 0 Å². The number of benzene rings is 1. The lowest BCUT2D eigenvalue weighted by Crippen LogP contribution is -2.40. The van der Waals surface area contributed by atoms with Gasteiger partial charge in [-0.05, 0) is 24.0 Å². The van der Waals surface area contributed by atoms with Crippen LogP contribution in [0, 0.1) is 0 Å². The molecule has 140 valence electrons. The molecule has 1 fully saturated rings. The maximum atomic E-state index is 12.2. The van der Waals surface area contributed by atoms with Gasteiger partial charge in [-0.3, -0.25) is 9.79 Å². The molecule has 0 saturated carbocycles. The Kier molecular flexibility index (Phi) is 5.27. The van der Waals surface area contributed by atoms with Crippen LogP contribution in [0.15, 0.2) is 29.3 Å². The Morgan fingerprint density at radius 1 is 1.38 bits per heavy atom. The molecule has 3 atom stereocenters. The largest absolute Gasteiger partial charge is 0.432 e. The maximum Gasteiger partial charge on any atom is 0.432 e. The molecule has 2 bridgehead atoms. The number of nitrogens with two attached hydrogens (primary N) is 2. The average Bonchev–Trinajstić information content (AvgIpc) is 3.03. The number of nitrogens with one attached hydrogen (secondary N) is 1. The van der Waals surface area contributed by atoms with Gasteiger partial charge < -0.3 is 26.7 Å². The number of aliphatic imine (C=N–C) groups is 1. The predicted octanol–water partition coefficient (Wildman–Crippen LogP) is 0.460. The number of hydroxylamine groups is 2. The maximum absolute atomic E-state index is 12.2. The third-order valence-electron chi connectivity index (χ3n) is 4.66. The molecule has 1 aromatic carbocycles. The van der Waals surface area contributed by atoms with Crippen molar-refractivity contribution in [3.63, 3.8) is 0 Å². The summed E-state index contributed by atoms with van der Waals surface area (Å²) < 4.78 is 0. The predicted molar refractivity (Wildman–Crippen MR) is 93.5 cm³/mol. The minimum Gasteiger partial charge on any atom is -0.370 e. The van der Waals surface area contributed by atoms with Crippen LogP contribution in [0.2, 0.25) is 0 Å². The quantitative estimate of drug-likeness (QED) is 0.329. The molecule has 1 saturated heterocycles. The first-order valence-corrected chi connectivity index (χ1v) is 8.59. The van der Waals surface area contributed by atoms with E-state index >= 15 is 0 Å². The first kappa shape index (κ1) is 18.0. The molecule has 6 N–H and O–H groups in total. The summed E-state index contributed by atoms with van der Waals surface area (Å²) in [5, 5.41) is 13.2. The first-order chi connectivity index (χ1) is 12.5. The number of nitrogens with zero attached hydrogens (tertiary/aromatic N) is 2. The fourth-order valence-electron chi connectivity index (χ4n) is 3.45. The van der Waals surface area contributed by atoms with Crippen molar-refractivity contribution < 1.29 is 19.5 Å². The van der Waals surface area contributed by atoms with Crippen molar-refractivity contribution in [2.24, 2.45) is 16.5 Å². The molecule has 1 aliphatic carbocycles. The van der Waals surface area contributed by atoms with Crippen molar-refractivity contribution in [3.05, 3.63) is 35.4 Å². The number of hydrogen-bond donors (Lipinski definition) is 4. The fourth-order valence-corrected chi connectivity index (χ4v) is 3.45. The van der Waals surface area contributed by atoms with Gasteiger partial charge in [0.2, 0.25) is 0 Å². The molecule has 0 radical (unpaired) electrons. The molecule has 0 aromatic heterocycles. The monoisotopic (exact) mass is 361 g/mol. The van der Waals surface area contributed by atoms with Crippen molar-refractivity contribution in [2.75, 3.05) is 6.54 Å². The Labute approximate surface area is 151 Å². The second-order valence-electron chi connectivity index (χ2n) is 6.47. The van der Waals surface area contributed by atoms with Crippen molar-refractivity contribution in [1.29, 1.82) is 0 Å². The Morgan fingerprint density at radius 2 is 2.15 bits per heavy atom.